The average molecular weight is 266 g/mol. The summed E-state index contributed by atoms with van der Waals surface area (Å²) in [7, 11) is 1.63. The third kappa shape index (κ3) is 3.01. The summed E-state index contributed by atoms with van der Waals surface area (Å²) >= 11 is 0. The number of hydrogen-bond acceptors (Lipinski definition) is 3. The molecule has 0 aromatic carbocycles. The van der Waals surface area contributed by atoms with Crippen molar-refractivity contribution in [3.63, 3.8) is 0 Å². The Morgan fingerprint density at radius 2 is 1.95 bits per heavy atom. The third-order valence-electron chi connectivity index (χ3n) is 3.11. The summed E-state index contributed by atoms with van der Waals surface area (Å²) < 4.78 is 1.20. The van der Waals surface area contributed by atoms with Crippen molar-refractivity contribution in [3.8, 4) is 0 Å². The third-order valence-corrected chi connectivity index (χ3v) is 3.11. The molecular weight excluding hydrogens is 248 g/mol. The van der Waals surface area contributed by atoms with Gasteiger partial charge in [0.2, 0.25) is 5.91 Å². The number of carboxylic acid groups (broad SMARTS) is 1. The largest absolute Gasteiger partial charge is 0.477 e. The predicted octanol–water partition coefficient (Wildman–Crippen LogP) is 0.642. The van der Waals surface area contributed by atoms with E-state index in [0.717, 1.165) is 0 Å². The second-order valence-corrected chi connectivity index (χ2v) is 4.45. The molecule has 1 rings (SSSR count). The number of aromatic carboxylic acids is 1. The Morgan fingerprint density at radius 1 is 1.37 bits per heavy atom. The first kappa shape index (κ1) is 14.9. The molecule has 0 aliphatic carbocycles. The SMILES string of the molecule is CCN(C)C(=O)Cn1c(C)cc(C)c(C(=O)O)c1=O. The Morgan fingerprint density at radius 3 is 2.42 bits per heavy atom. The molecule has 0 aliphatic rings. The smallest absolute Gasteiger partial charge is 0.341 e. The Hall–Kier alpha value is -2.11. The molecule has 0 radical (unpaired) electrons. The van der Waals surface area contributed by atoms with Crippen LogP contribution in [0.5, 0.6) is 0 Å². The minimum atomic E-state index is -1.27. The van der Waals surface area contributed by atoms with Crippen molar-refractivity contribution in [2.24, 2.45) is 0 Å². The molecule has 6 nitrogen and oxygen atoms in total. The standard InChI is InChI=1S/C13H18N2O4/c1-5-14(4)10(16)7-15-9(3)6-8(2)11(12(15)17)13(18)19/h6H,5,7H2,1-4H3,(H,18,19). The van der Waals surface area contributed by atoms with Crippen LogP contribution in [-0.2, 0) is 11.3 Å². The summed E-state index contributed by atoms with van der Waals surface area (Å²) in [4.78, 5) is 36.5. The van der Waals surface area contributed by atoms with Gasteiger partial charge in [0.25, 0.3) is 5.56 Å². The summed E-state index contributed by atoms with van der Waals surface area (Å²) in [5, 5.41) is 9.04. The number of carbonyl (C=O) groups is 2. The molecule has 1 aromatic heterocycles. The highest BCUT2D eigenvalue weighted by molar-refractivity contribution is 5.89. The summed E-state index contributed by atoms with van der Waals surface area (Å²) in [5.41, 5.74) is 0.0632. The summed E-state index contributed by atoms with van der Waals surface area (Å²) in [6.07, 6.45) is 0. The lowest BCUT2D eigenvalue weighted by Crippen LogP contribution is -2.36. The van der Waals surface area contributed by atoms with Gasteiger partial charge in [0.1, 0.15) is 12.1 Å². The molecule has 0 spiro atoms. The van der Waals surface area contributed by atoms with Gasteiger partial charge >= 0.3 is 5.97 Å². The molecule has 0 unspecified atom stereocenters. The summed E-state index contributed by atoms with van der Waals surface area (Å²) in [6, 6.07) is 1.60. The molecule has 0 saturated carbocycles. The quantitative estimate of drug-likeness (QED) is 0.867. The van der Waals surface area contributed by atoms with E-state index in [4.69, 9.17) is 5.11 Å². The van der Waals surface area contributed by atoms with E-state index >= 15 is 0 Å². The van der Waals surface area contributed by atoms with E-state index in [0.29, 0.717) is 17.8 Å². The van der Waals surface area contributed by atoms with E-state index in [-0.39, 0.29) is 18.0 Å². The zero-order valence-corrected chi connectivity index (χ0v) is 11.6. The zero-order chi connectivity index (χ0) is 14.7. The lowest BCUT2D eigenvalue weighted by atomic mass is 10.1. The fourth-order valence-electron chi connectivity index (χ4n) is 1.82. The van der Waals surface area contributed by atoms with Crippen LogP contribution >= 0.6 is 0 Å². The van der Waals surface area contributed by atoms with Crippen molar-refractivity contribution < 1.29 is 14.7 Å². The molecule has 0 bridgehead atoms. The number of aromatic nitrogens is 1. The molecule has 19 heavy (non-hydrogen) atoms. The maximum atomic E-state index is 12.1. The Balaban J connectivity index is 3.30. The van der Waals surface area contributed by atoms with Crippen LogP contribution in [0.25, 0.3) is 0 Å². The Kier molecular flexibility index (Phi) is 4.47. The van der Waals surface area contributed by atoms with Gasteiger partial charge in [0.15, 0.2) is 0 Å². The van der Waals surface area contributed by atoms with Crippen LogP contribution in [0.3, 0.4) is 0 Å². The molecule has 1 heterocycles. The number of amides is 1. The Bertz CT molecular complexity index is 575. The van der Waals surface area contributed by atoms with Gasteiger partial charge in [-0.2, -0.15) is 0 Å². The van der Waals surface area contributed by atoms with Crippen molar-refractivity contribution in [3.05, 3.63) is 33.2 Å². The normalized spacial score (nSPS) is 10.3. The van der Waals surface area contributed by atoms with Gasteiger partial charge in [-0.05, 0) is 32.4 Å². The van der Waals surface area contributed by atoms with E-state index < -0.39 is 11.5 Å². The fraction of sp³-hybridized carbons (Fsp3) is 0.462. The first-order valence-corrected chi connectivity index (χ1v) is 5.97. The molecule has 104 valence electrons. The molecule has 0 atom stereocenters. The molecule has 1 amide bonds. The van der Waals surface area contributed by atoms with Crippen molar-refractivity contribution in [1.29, 1.82) is 0 Å². The number of pyridine rings is 1. The second kappa shape index (κ2) is 5.69. The van der Waals surface area contributed by atoms with Crippen molar-refractivity contribution >= 4 is 11.9 Å². The highest BCUT2D eigenvalue weighted by Gasteiger charge is 2.18. The van der Waals surface area contributed by atoms with Crippen LogP contribution in [0.1, 0.15) is 28.5 Å². The van der Waals surface area contributed by atoms with Crippen LogP contribution in [0, 0.1) is 13.8 Å². The van der Waals surface area contributed by atoms with Gasteiger partial charge in [-0.15, -0.1) is 0 Å². The van der Waals surface area contributed by atoms with Gasteiger partial charge in [-0.3, -0.25) is 9.59 Å². The minimum absolute atomic E-state index is 0.143. The summed E-state index contributed by atoms with van der Waals surface area (Å²) in [6.45, 7) is 5.46. The van der Waals surface area contributed by atoms with Gasteiger partial charge in [0.05, 0.1) is 0 Å². The number of rotatable bonds is 4. The average Bonchev–Trinajstić information content (AvgIpc) is 2.32. The van der Waals surface area contributed by atoms with E-state index in [1.54, 1.807) is 27.0 Å². The van der Waals surface area contributed by atoms with Crippen molar-refractivity contribution in [1.82, 2.24) is 9.47 Å². The predicted molar refractivity (Wildman–Crippen MR) is 70.4 cm³/mol. The van der Waals surface area contributed by atoms with Crippen LogP contribution in [0.2, 0.25) is 0 Å². The van der Waals surface area contributed by atoms with Crippen LogP contribution in [0.15, 0.2) is 10.9 Å². The molecule has 0 aliphatic heterocycles. The van der Waals surface area contributed by atoms with E-state index in [2.05, 4.69) is 0 Å². The minimum Gasteiger partial charge on any atom is -0.477 e. The maximum absolute atomic E-state index is 12.1. The molecule has 6 heteroatoms. The lowest BCUT2D eigenvalue weighted by molar-refractivity contribution is -0.130. The first-order valence-electron chi connectivity index (χ1n) is 5.97. The topological polar surface area (TPSA) is 79.6 Å². The van der Waals surface area contributed by atoms with Crippen LogP contribution in [-0.4, -0.2) is 40.0 Å². The Labute approximate surface area is 111 Å². The highest BCUT2D eigenvalue weighted by Crippen LogP contribution is 2.06. The number of aryl methyl sites for hydroxylation is 2. The molecule has 0 fully saturated rings. The second-order valence-electron chi connectivity index (χ2n) is 4.45. The molecule has 1 aromatic rings. The van der Waals surface area contributed by atoms with Gasteiger partial charge in [0, 0.05) is 19.3 Å². The molecule has 1 N–H and O–H groups in total. The number of likely N-dealkylation sites (N-methyl/N-ethyl adjacent to an activating group) is 1. The van der Waals surface area contributed by atoms with Crippen LogP contribution in [0.4, 0.5) is 0 Å². The zero-order valence-electron chi connectivity index (χ0n) is 11.6. The van der Waals surface area contributed by atoms with Crippen LogP contribution < -0.4 is 5.56 Å². The number of carboxylic acids is 1. The number of nitrogens with zero attached hydrogens (tertiary/aromatic N) is 2. The highest BCUT2D eigenvalue weighted by atomic mass is 16.4. The first-order chi connectivity index (χ1) is 8.79. The lowest BCUT2D eigenvalue weighted by Gasteiger charge is -2.17. The number of hydrogen-bond donors (Lipinski definition) is 1. The summed E-state index contributed by atoms with van der Waals surface area (Å²) in [5.74, 6) is -1.50. The van der Waals surface area contributed by atoms with Crippen molar-refractivity contribution in [2.45, 2.75) is 27.3 Å². The molecule has 0 saturated heterocycles. The van der Waals surface area contributed by atoms with E-state index in [9.17, 15) is 14.4 Å². The molecular formula is C13H18N2O4. The van der Waals surface area contributed by atoms with Gasteiger partial charge in [-0.1, -0.05) is 0 Å². The number of carbonyl (C=O) groups excluding carboxylic acids is 1. The van der Waals surface area contributed by atoms with Crippen molar-refractivity contribution in [2.75, 3.05) is 13.6 Å². The monoisotopic (exact) mass is 266 g/mol. The van der Waals surface area contributed by atoms with Gasteiger partial charge in [-0.25, -0.2) is 4.79 Å². The van der Waals surface area contributed by atoms with Gasteiger partial charge < -0.3 is 14.6 Å². The maximum Gasteiger partial charge on any atom is 0.341 e. The fourth-order valence-corrected chi connectivity index (χ4v) is 1.82. The van der Waals surface area contributed by atoms with E-state index in [1.165, 1.54) is 9.47 Å². The van der Waals surface area contributed by atoms with E-state index in [1.807, 2.05) is 6.92 Å².